The Bertz CT molecular complexity index is 656. The fraction of sp³-hybridized carbons (Fsp3) is 0.214. The number of hydrogen-bond acceptors (Lipinski definition) is 6. The Morgan fingerprint density at radius 2 is 2.19 bits per heavy atom. The number of halogens is 1. The lowest BCUT2D eigenvalue weighted by molar-refractivity contribution is 0.0600. The van der Waals surface area contributed by atoms with Crippen LogP contribution in [-0.2, 0) is 10.5 Å². The van der Waals surface area contributed by atoms with Crippen molar-refractivity contribution in [2.24, 2.45) is 0 Å². The van der Waals surface area contributed by atoms with Gasteiger partial charge in [-0.2, -0.15) is 0 Å². The third kappa shape index (κ3) is 3.95. The van der Waals surface area contributed by atoms with E-state index in [-0.39, 0.29) is 11.4 Å². The molecule has 0 aliphatic rings. The molecular formula is C14H14BrN3O2S. The standard InChI is InChI=1S/C14H14BrN3O2S/c1-8-12(14(19)20-2)13(16)18-11(17-8)7-21-10-5-3-4-9(15)6-10/h3-6H,7H2,1-2H3,(H2,16,17,18). The minimum Gasteiger partial charge on any atom is -0.465 e. The number of benzene rings is 1. The molecule has 0 fully saturated rings. The first-order valence-corrected chi connectivity index (χ1v) is 7.88. The Balaban J connectivity index is 2.17. The van der Waals surface area contributed by atoms with E-state index in [1.807, 2.05) is 24.3 Å². The number of hydrogen-bond donors (Lipinski definition) is 1. The van der Waals surface area contributed by atoms with Crippen molar-refractivity contribution in [3.63, 3.8) is 0 Å². The Morgan fingerprint density at radius 3 is 2.81 bits per heavy atom. The summed E-state index contributed by atoms with van der Waals surface area (Å²) in [6.45, 7) is 1.72. The second-order valence-electron chi connectivity index (χ2n) is 4.22. The van der Waals surface area contributed by atoms with Crippen molar-refractivity contribution >= 4 is 39.5 Å². The molecule has 0 aliphatic heterocycles. The van der Waals surface area contributed by atoms with Crippen LogP contribution in [0.15, 0.2) is 33.6 Å². The number of aromatic nitrogens is 2. The Morgan fingerprint density at radius 1 is 1.43 bits per heavy atom. The Hall–Kier alpha value is -1.60. The average Bonchev–Trinajstić information content (AvgIpc) is 2.44. The quantitative estimate of drug-likeness (QED) is 0.660. The van der Waals surface area contributed by atoms with Gasteiger partial charge < -0.3 is 10.5 Å². The number of aryl methyl sites for hydroxylation is 1. The molecule has 0 unspecified atom stereocenters. The van der Waals surface area contributed by atoms with Gasteiger partial charge >= 0.3 is 5.97 Å². The summed E-state index contributed by atoms with van der Waals surface area (Å²) in [4.78, 5) is 21.2. The molecule has 0 aliphatic carbocycles. The van der Waals surface area contributed by atoms with Gasteiger partial charge in [0.15, 0.2) is 0 Å². The van der Waals surface area contributed by atoms with Crippen LogP contribution in [0.1, 0.15) is 21.9 Å². The molecule has 5 nitrogen and oxygen atoms in total. The maximum absolute atomic E-state index is 11.6. The molecular weight excluding hydrogens is 354 g/mol. The average molecular weight is 368 g/mol. The van der Waals surface area contributed by atoms with E-state index in [0.29, 0.717) is 17.3 Å². The first-order chi connectivity index (χ1) is 10.0. The highest BCUT2D eigenvalue weighted by Gasteiger charge is 2.17. The predicted octanol–water partition coefficient (Wildman–Crippen LogP) is 3.21. The molecule has 7 heteroatoms. The highest BCUT2D eigenvalue weighted by Crippen LogP contribution is 2.25. The van der Waals surface area contributed by atoms with E-state index in [4.69, 9.17) is 5.73 Å². The molecule has 0 saturated heterocycles. The summed E-state index contributed by atoms with van der Waals surface area (Å²) in [5, 5.41) is 0. The van der Waals surface area contributed by atoms with Crippen LogP contribution < -0.4 is 5.73 Å². The molecule has 1 heterocycles. The molecule has 2 N–H and O–H groups in total. The summed E-state index contributed by atoms with van der Waals surface area (Å²) in [5.41, 5.74) is 6.58. The second kappa shape index (κ2) is 6.91. The van der Waals surface area contributed by atoms with Gasteiger partial charge in [0.2, 0.25) is 0 Å². The van der Waals surface area contributed by atoms with Gasteiger partial charge in [0, 0.05) is 9.37 Å². The molecule has 2 rings (SSSR count). The summed E-state index contributed by atoms with van der Waals surface area (Å²) in [5.74, 6) is 0.793. The van der Waals surface area contributed by atoms with E-state index < -0.39 is 5.97 Å². The van der Waals surface area contributed by atoms with Crippen LogP contribution in [0.4, 0.5) is 5.82 Å². The van der Waals surface area contributed by atoms with Crippen molar-refractivity contribution in [2.75, 3.05) is 12.8 Å². The number of nitrogens with two attached hydrogens (primary N) is 1. The Labute approximate surface area is 135 Å². The predicted molar refractivity (Wildman–Crippen MR) is 86.2 cm³/mol. The van der Waals surface area contributed by atoms with Crippen LogP contribution in [0, 0.1) is 6.92 Å². The van der Waals surface area contributed by atoms with E-state index in [9.17, 15) is 4.79 Å². The van der Waals surface area contributed by atoms with E-state index in [1.54, 1.807) is 18.7 Å². The zero-order valence-electron chi connectivity index (χ0n) is 11.6. The molecule has 2 aromatic rings. The molecule has 0 atom stereocenters. The number of methoxy groups -OCH3 is 1. The number of carbonyl (C=O) groups excluding carboxylic acids is 1. The summed E-state index contributed by atoms with van der Waals surface area (Å²) < 4.78 is 5.69. The molecule has 0 amide bonds. The second-order valence-corrected chi connectivity index (χ2v) is 6.19. The van der Waals surface area contributed by atoms with Crippen molar-refractivity contribution < 1.29 is 9.53 Å². The van der Waals surface area contributed by atoms with Gasteiger partial charge in [0.1, 0.15) is 17.2 Å². The monoisotopic (exact) mass is 367 g/mol. The number of anilines is 1. The van der Waals surface area contributed by atoms with Crippen LogP contribution in [0.3, 0.4) is 0 Å². The van der Waals surface area contributed by atoms with Gasteiger partial charge in [0.25, 0.3) is 0 Å². The number of esters is 1. The van der Waals surface area contributed by atoms with Gasteiger partial charge in [-0.3, -0.25) is 0 Å². The first-order valence-electron chi connectivity index (χ1n) is 6.11. The normalized spacial score (nSPS) is 10.4. The maximum atomic E-state index is 11.6. The highest BCUT2D eigenvalue weighted by atomic mass is 79.9. The van der Waals surface area contributed by atoms with E-state index in [0.717, 1.165) is 9.37 Å². The van der Waals surface area contributed by atoms with Crippen molar-refractivity contribution in [1.82, 2.24) is 9.97 Å². The third-order valence-corrected chi connectivity index (χ3v) is 4.20. The van der Waals surface area contributed by atoms with Crippen LogP contribution in [0.25, 0.3) is 0 Å². The highest BCUT2D eigenvalue weighted by molar-refractivity contribution is 9.10. The molecule has 110 valence electrons. The summed E-state index contributed by atoms with van der Waals surface area (Å²) in [6.07, 6.45) is 0. The molecule has 1 aromatic heterocycles. The van der Waals surface area contributed by atoms with Crippen LogP contribution in [0.5, 0.6) is 0 Å². The minimum absolute atomic E-state index is 0.152. The number of nitrogen functional groups attached to an aromatic ring is 1. The summed E-state index contributed by atoms with van der Waals surface area (Å²) in [7, 11) is 1.30. The third-order valence-electron chi connectivity index (χ3n) is 2.72. The lowest BCUT2D eigenvalue weighted by atomic mass is 10.2. The maximum Gasteiger partial charge on any atom is 0.343 e. The van der Waals surface area contributed by atoms with E-state index >= 15 is 0 Å². The number of rotatable bonds is 4. The van der Waals surface area contributed by atoms with Crippen LogP contribution >= 0.6 is 27.7 Å². The van der Waals surface area contributed by atoms with E-state index in [1.165, 1.54) is 7.11 Å². The fourth-order valence-electron chi connectivity index (χ4n) is 1.78. The van der Waals surface area contributed by atoms with Crippen LogP contribution in [-0.4, -0.2) is 23.0 Å². The molecule has 0 spiro atoms. The minimum atomic E-state index is -0.517. The zero-order chi connectivity index (χ0) is 15.4. The van der Waals surface area contributed by atoms with E-state index in [2.05, 4.69) is 30.6 Å². The molecule has 0 saturated carbocycles. The van der Waals surface area contributed by atoms with Crippen LogP contribution in [0.2, 0.25) is 0 Å². The summed E-state index contributed by atoms with van der Waals surface area (Å²) >= 11 is 5.03. The lowest BCUT2D eigenvalue weighted by Crippen LogP contribution is -2.13. The van der Waals surface area contributed by atoms with Gasteiger partial charge in [-0.05, 0) is 25.1 Å². The SMILES string of the molecule is COC(=O)c1c(C)nc(CSc2cccc(Br)c2)nc1N. The summed E-state index contributed by atoms with van der Waals surface area (Å²) in [6, 6.07) is 7.96. The smallest absolute Gasteiger partial charge is 0.343 e. The Kier molecular flexibility index (Phi) is 5.19. The largest absolute Gasteiger partial charge is 0.465 e. The fourth-order valence-corrected chi connectivity index (χ4v) is 3.14. The number of carbonyl (C=O) groups is 1. The molecule has 21 heavy (non-hydrogen) atoms. The number of thioether (sulfide) groups is 1. The van der Waals surface area contributed by atoms with Crippen molar-refractivity contribution in [3.8, 4) is 0 Å². The zero-order valence-corrected chi connectivity index (χ0v) is 14.0. The number of nitrogens with zero attached hydrogens (tertiary/aromatic N) is 2. The van der Waals surface area contributed by atoms with Gasteiger partial charge in [-0.25, -0.2) is 14.8 Å². The molecule has 0 radical (unpaired) electrons. The van der Waals surface area contributed by atoms with Gasteiger partial charge in [-0.1, -0.05) is 22.0 Å². The lowest BCUT2D eigenvalue weighted by Gasteiger charge is -2.08. The van der Waals surface area contributed by atoms with Crippen molar-refractivity contribution in [3.05, 3.63) is 45.8 Å². The molecule has 1 aromatic carbocycles. The van der Waals surface area contributed by atoms with Crippen molar-refractivity contribution in [1.29, 1.82) is 0 Å². The van der Waals surface area contributed by atoms with Gasteiger partial charge in [-0.15, -0.1) is 11.8 Å². The van der Waals surface area contributed by atoms with Crippen molar-refractivity contribution in [2.45, 2.75) is 17.6 Å². The molecule has 0 bridgehead atoms. The first kappa shape index (κ1) is 15.8. The topological polar surface area (TPSA) is 78.1 Å². The number of ether oxygens (including phenoxy) is 1. The van der Waals surface area contributed by atoms with Gasteiger partial charge in [0.05, 0.1) is 18.6 Å².